The lowest BCUT2D eigenvalue weighted by atomic mass is 9.72. The van der Waals surface area contributed by atoms with Crippen LogP contribution < -0.4 is 0 Å². The molecular weight excluding hydrogens is 908 g/mol. The van der Waals surface area contributed by atoms with Gasteiger partial charge in [-0.2, -0.15) is 0 Å². The Morgan fingerprint density at radius 1 is 0.552 bits per heavy atom. The molecule has 0 radical (unpaired) electrons. The van der Waals surface area contributed by atoms with Crippen LogP contribution in [0.5, 0.6) is 69.0 Å². The van der Waals surface area contributed by atoms with Crippen LogP contribution in [0.4, 0.5) is 0 Å². The van der Waals surface area contributed by atoms with E-state index in [1.54, 1.807) is 0 Å². The molecule has 12 N–H and O–H groups in total. The fourth-order valence-electron chi connectivity index (χ4n) is 7.26. The van der Waals surface area contributed by atoms with Crippen molar-refractivity contribution in [1.82, 2.24) is 0 Å². The number of fused-ring (bicyclic) bond motifs is 5. The van der Waals surface area contributed by atoms with E-state index in [0.717, 1.165) is 0 Å². The molecule has 1 saturated heterocycles. The lowest BCUT2D eigenvalue weighted by Crippen LogP contribution is -2.63. The van der Waals surface area contributed by atoms with E-state index in [1.165, 1.54) is 0 Å². The van der Waals surface area contributed by atoms with Crippen molar-refractivity contribution in [2.24, 2.45) is 5.92 Å². The monoisotopic (exact) mass is 938 g/mol. The smallest absolute Gasteiger partial charge is 0.340 e. The van der Waals surface area contributed by atoms with Gasteiger partial charge in [-0.25, -0.2) is 19.2 Å². The molecule has 2 heterocycles. The number of phenols is 12. The van der Waals surface area contributed by atoms with E-state index in [9.17, 15) is 99.6 Å². The maximum Gasteiger partial charge on any atom is 0.340 e. The van der Waals surface area contributed by atoms with E-state index in [-0.39, 0.29) is 0 Å². The van der Waals surface area contributed by atoms with E-state index in [4.69, 9.17) is 28.4 Å². The first-order valence-electron chi connectivity index (χ1n) is 18.8. The number of ketones is 3. The lowest BCUT2D eigenvalue weighted by Gasteiger charge is -2.44. The van der Waals surface area contributed by atoms with Gasteiger partial charge in [-0.15, -0.1) is 0 Å². The maximum absolute atomic E-state index is 14.4. The van der Waals surface area contributed by atoms with Gasteiger partial charge in [0.2, 0.25) is 29.7 Å². The minimum absolute atomic E-state index is 0.386. The predicted octanol–water partition coefficient (Wildman–Crippen LogP) is 0.0799. The third-order valence-corrected chi connectivity index (χ3v) is 10.5. The summed E-state index contributed by atoms with van der Waals surface area (Å²) in [5.41, 5.74) is -4.50. The first-order chi connectivity index (χ1) is 31.5. The van der Waals surface area contributed by atoms with Gasteiger partial charge in [-0.3, -0.25) is 19.2 Å². The van der Waals surface area contributed by atoms with Gasteiger partial charge >= 0.3 is 29.8 Å². The minimum atomic E-state index is -2.57. The second-order valence-corrected chi connectivity index (χ2v) is 14.7. The first kappa shape index (κ1) is 45.8. The zero-order valence-electron chi connectivity index (χ0n) is 33.1. The molecule has 2 aliphatic heterocycles. The molecule has 2 fully saturated rings. The molecule has 67 heavy (non-hydrogen) atoms. The van der Waals surface area contributed by atoms with Crippen LogP contribution in [0.1, 0.15) is 59.3 Å². The summed E-state index contributed by atoms with van der Waals surface area (Å²) in [4.78, 5) is 109. The number of rotatable bonds is 7. The number of hydrogen-bond acceptors (Lipinski definition) is 26. The molecule has 7 rings (SSSR count). The van der Waals surface area contributed by atoms with Crippen LogP contribution in [-0.2, 0) is 47.6 Å². The van der Waals surface area contributed by atoms with Crippen LogP contribution in [0, 0.1) is 5.92 Å². The van der Waals surface area contributed by atoms with Crippen molar-refractivity contribution in [3.63, 3.8) is 0 Å². The fraction of sp³-hybridized carbons (Fsp3) is 0.220. The van der Waals surface area contributed by atoms with Crippen molar-refractivity contribution in [1.29, 1.82) is 0 Å². The Kier molecular flexibility index (Phi) is 11.7. The number of carbonyl (C=O) groups excluding carboxylic acids is 8. The van der Waals surface area contributed by atoms with Crippen molar-refractivity contribution in [3.05, 3.63) is 70.3 Å². The molecule has 0 unspecified atom stereocenters. The normalized spacial score (nSPS) is 22.5. The van der Waals surface area contributed by atoms with E-state index >= 15 is 0 Å². The number of phenolic OH excluding ortho intramolecular Hbond substituents is 12. The van der Waals surface area contributed by atoms with Gasteiger partial charge in [0.1, 0.15) is 12.7 Å². The molecule has 0 aromatic heterocycles. The van der Waals surface area contributed by atoms with Gasteiger partial charge in [-0.1, -0.05) is 0 Å². The van der Waals surface area contributed by atoms with Crippen molar-refractivity contribution < 1.29 is 128 Å². The molecule has 1 aliphatic carbocycles. The van der Waals surface area contributed by atoms with E-state index in [0.29, 0.717) is 42.5 Å². The summed E-state index contributed by atoms with van der Waals surface area (Å²) >= 11 is 0. The molecule has 26 nitrogen and oxygen atoms in total. The highest BCUT2D eigenvalue weighted by molar-refractivity contribution is 6.66. The third-order valence-electron chi connectivity index (χ3n) is 10.5. The van der Waals surface area contributed by atoms with Crippen LogP contribution >= 0.6 is 0 Å². The maximum atomic E-state index is 14.4. The van der Waals surface area contributed by atoms with Crippen LogP contribution in [0.25, 0.3) is 0 Å². The lowest BCUT2D eigenvalue weighted by molar-refractivity contribution is -0.288. The summed E-state index contributed by atoms with van der Waals surface area (Å²) in [6.45, 7) is -1.27. The number of ether oxygens (including phenoxy) is 6. The largest absolute Gasteiger partial charge is 0.504 e. The fourth-order valence-corrected chi connectivity index (χ4v) is 7.26. The number of hydrogen-bond donors (Lipinski definition) is 12. The molecule has 1 saturated carbocycles. The van der Waals surface area contributed by atoms with E-state index in [1.807, 2.05) is 0 Å². The standard InChI is InChI=1S/C41H30O26/c42-15-1-10(2-16(43)26(15)50)36(57)62-9-23-33-34(65-37(58)11-3-17(44)27(51)18(45)4-11)35(41(63-23)67-38(59)12-5-19(46)28(52)20(47)6-12)66-40(61)14-8-22(49)30(54)32(56)25(14)24-13(39(60)64-33)7-21(48)29(53)31(24)55/h1-7,14,23,25,33-35,41-48,50-53,55H,8-9H2/t14-,23+,25+,33+,34-,35+,41-/m0/s1. The Morgan fingerprint density at radius 3 is 1.52 bits per heavy atom. The number of aromatic hydroxyl groups is 12. The number of benzene rings is 4. The van der Waals surface area contributed by atoms with E-state index in [2.05, 4.69) is 0 Å². The van der Waals surface area contributed by atoms with Crippen molar-refractivity contribution in [2.45, 2.75) is 43.0 Å². The average molecular weight is 939 g/mol. The molecule has 26 heteroatoms. The van der Waals surface area contributed by atoms with Crippen molar-refractivity contribution >= 4 is 47.2 Å². The van der Waals surface area contributed by atoms with Crippen LogP contribution in [0.15, 0.2) is 42.5 Å². The number of Topliss-reactive ketones (excluding diaryl/α,β-unsaturated/α-hetero) is 3. The second kappa shape index (κ2) is 17.1. The van der Waals surface area contributed by atoms with E-state index < -0.39 is 200 Å². The summed E-state index contributed by atoms with van der Waals surface area (Å²) in [6, 6.07) is 3.78. The highest BCUT2D eigenvalue weighted by Gasteiger charge is 2.58. The third kappa shape index (κ3) is 8.25. The Morgan fingerprint density at radius 2 is 1.01 bits per heavy atom. The Bertz CT molecular complexity index is 2780. The van der Waals surface area contributed by atoms with Gasteiger partial charge in [0.15, 0.2) is 75.5 Å². The second-order valence-electron chi connectivity index (χ2n) is 14.7. The SMILES string of the molecule is O=C1C[C@@H]2C(=O)O[C@H]3[C@H](OC(=O)c4cc(O)c(O)c(O)c4)O[C@H](COC(=O)c4cc(O)c(O)c(O)c4)[C@@H](OC(=O)c4cc(O)c(O)c(O)c4[C@@H]2C(=O)C1=O)[C@@H]3OC(=O)c1cc(O)c(O)c(O)c1. The quantitative estimate of drug-likeness (QED) is 0.0505. The minimum Gasteiger partial charge on any atom is -0.504 e. The molecule has 7 atom stereocenters. The highest BCUT2D eigenvalue weighted by Crippen LogP contribution is 2.49. The molecule has 3 aliphatic rings. The van der Waals surface area contributed by atoms with Crippen LogP contribution in [-0.4, -0.2) is 146 Å². The summed E-state index contributed by atoms with van der Waals surface area (Å²) < 4.78 is 33.4. The zero-order valence-corrected chi connectivity index (χ0v) is 33.1. The highest BCUT2D eigenvalue weighted by atomic mass is 16.7. The Balaban J connectivity index is 1.43. The predicted molar refractivity (Wildman–Crippen MR) is 204 cm³/mol. The van der Waals surface area contributed by atoms with Gasteiger partial charge in [-0.05, 0) is 42.5 Å². The van der Waals surface area contributed by atoms with Crippen LogP contribution in [0.3, 0.4) is 0 Å². The average Bonchev–Trinajstić information content (AvgIpc) is 3.28. The molecule has 0 amide bonds. The number of carbonyl (C=O) groups is 8. The summed E-state index contributed by atoms with van der Waals surface area (Å²) in [5, 5.41) is 122. The Hall–Kier alpha value is -9.20. The summed E-state index contributed by atoms with van der Waals surface area (Å²) in [5.74, 6) is -32.1. The summed E-state index contributed by atoms with van der Waals surface area (Å²) in [7, 11) is 0. The molecule has 4 aromatic rings. The topological polar surface area (TPSA) is 435 Å². The zero-order chi connectivity index (χ0) is 49.1. The molecular formula is C41H30O26. The van der Waals surface area contributed by atoms with Gasteiger partial charge in [0.05, 0.1) is 34.1 Å². The summed E-state index contributed by atoms with van der Waals surface area (Å²) in [6.07, 6.45) is -13.5. The van der Waals surface area contributed by atoms with Gasteiger partial charge in [0, 0.05) is 12.0 Å². The van der Waals surface area contributed by atoms with Crippen molar-refractivity contribution in [2.75, 3.05) is 6.61 Å². The first-order valence-corrected chi connectivity index (χ1v) is 18.8. The molecule has 0 spiro atoms. The Labute approximate surface area is 369 Å². The van der Waals surface area contributed by atoms with Gasteiger partial charge < -0.3 is 89.7 Å². The molecule has 350 valence electrons. The number of esters is 5. The van der Waals surface area contributed by atoms with Crippen molar-refractivity contribution in [3.8, 4) is 69.0 Å². The molecule has 4 aromatic carbocycles. The van der Waals surface area contributed by atoms with Crippen LogP contribution in [0.2, 0.25) is 0 Å². The molecule has 2 bridgehead atoms. The van der Waals surface area contributed by atoms with Gasteiger partial charge in [0.25, 0.3) is 5.78 Å².